The van der Waals surface area contributed by atoms with E-state index in [1.165, 1.54) is 0 Å². The Morgan fingerprint density at radius 3 is 2.33 bits per heavy atom. The first-order valence-corrected chi connectivity index (χ1v) is 3.48. The molecular weight excluding hydrogens is 114 g/mol. The Balaban J connectivity index is 3.15. The van der Waals surface area contributed by atoms with Crippen LogP contribution in [0.5, 0.6) is 0 Å². The molecule has 0 aliphatic carbocycles. The van der Waals surface area contributed by atoms with E-state index in [1.54, 1.807) is 0 Å². The Morgan fingerprint density at radius 2 is 2.00 bits per heavy atom. The second-order valence-electron chi connectivity index (χ2n) is 2.84. The van der Waals surface area contributed by atoms with Gasteiger partial charge in [0.1, 0.15) is 0 Å². The Labute approximate surface area is 57.1 Å². The highest BCUT2D eigenvalue weighted by Gasteiger charge is 2.03. The average molecular weight is 130 g/mol. The van der Waals surface area contributed by atoms with E-state index >= 15 is 0 Å². The third kappa shape index (κ3) is 5.80. The fourth-order valence-corrected chi connectivity index (χ4v) is 0.843. The third-order valence-corrected chi connectivity index (χ3v) is 1.23. The third-order valence-electron chi connectivity index (χ3n) is 1.23. The zero-order chi connectivity index (χ0) is 7.28. The van der Waals surface area contributed by atoms with Crippen molar-refractivity contribution in [2.75, 3.05) is 6.61 Å². The summed E-state index contributed by atoms with van der Waals surface area (Å²) in [5.74, 6) is 0.582. The number of hydrogen-bond acceptors (Lipinski definition) is 1. The van der Waals surface area contributed by atoms with Crippen molar-refractivity contribution in [3.8, 4) is 0 Å². The second kappa shape index (κ2) is 4.77. The van der Waals surface area contributed by atoms with Gasteiger partial charge in [0.05, 0.1) is 0 Å². The summed E-state index contributed by atoms with van der Waals surface area (Å²) in [4.78, 5) is 0. The van der Waals surface area contributed by atoms with Crippen LogP contribution in [-0.4, -0.2) is 17.8 Å². The summed E-state index contributed by atoms with van der Waals surface area (Å²) in [6, 6.07) is -0.0602. The van der Waals surface area contributed by atoms with Gasteiger partial charge in [-0.15, -0.1) is 0 Å². The van der Waals surface area contributed by atoms with Crippen molar-refractivity contribution in [2.24, 2.45) is 5.92 Å². The lowest BCUT2D eigenvalue weighted by Crippen LogP contribution is -2.13. The lowest BCUT2D eigenvalue weighted by Gasteiger charge is -2.10. The van der Waals surface area contributed by atoms with Crippen LogP contribution in [0.1, 0.15) is 26.7 Å². The molecule has 1 unspecified atom stereocenters. The Kier molecular flexibility index (Phi) is 4.72. The van der Waals surface area contributed by atoms with Crippen LogP contribution in [0.15, 0.2) is 0 Å². The first kappa shape index (κ1) is 8.92. The van der Waals surface area contributed by atoms with Gasteiger partial charge in [-0.1, -0.05) is 13.8 Å². The highest BCUT2D eigenvalue weighted by molar-refractivity contribution is 4.61. The lowest BCUT2D eigenvalue weighted by atomic mass is 10.0. The minimum atomic E-state index is -0.0602. The Hall–Kier alpha value is -0.0800. The average Bonchev–Trinajstić information content (AvgIpc) is 1.63. The van der Waals surface area contributed by atoms with Gasteiger partial charge >= 0.3 is 0 Å². The minimum absolute atomic E-state index is 0.0602. The van der Waals surface area contributed by atoms with E-state index in [-0.39, 0.29) is 12.6 Å². The maximum atomic E-state index is 8.43. The van der Waals surface area contributed by atoms with E-state index in [0.717, 1.165) is 6.42 Å². The molecule has 2 heteroatoms. The smallest absolute Gasteiger partial charge is 0.0446 e. The van der Waals surface area contributed by atoms with Crippen LogP contribution >= 0.6 is 0 Å². The summed E-state index contributed by atoms with van der Waals surface area (Å²) >= 11 is 0. The van der Waals surface area contributed by atoms with Gasteiger partial charge in [0.15, 0.2) is 0 Å². The van der Waals surface area contributed by atoms with Gasteiger partial charge in [-0.3, -0.25) is 5.73 Å². The summed E-state index contributed by atoms with van der Waals surface area (Å²) in [5.41, 5.74) is 7.34. The van der Waals surface area contributed by atoms with Gasteiger partial charge in [-0.05, 0) is 18.8 Å². The van der Waals surface area contributed by atoms with Crippen LogP contribution in [0.2, 0.25) is 0 Å². The molecule has 0 saturated carbocycles. The number of rotatable bonds is 4. The maximum absolute atomic E-state index is 8.43. The van der Waals surface area contributed by atoms with E-state index < -0.39 is 0 Å². The summed E-state index contributed by atoms with van der Waals surface area (Å²) in [6.07, 6.45) is 1.53. The second-order valence-corrected chi connectivity index (χ2v) is 2.84. The van der Waals surface area contributed by atoms with Gasteiger partial charge < -0.3 is 5.11 Å². The first-order chi connectivity index (χ1) is 4.16. The normalized spacial score (nSPS) is 14.3. The minimum Gasteiger partial charge on any atom is -0.396 e. The van der Waals surface area contributed by atoms with Gasteiger partial charge in [0.2, 0.25) is 0 Å². The van der Waals surface area contributed by atoms with Crippen molar-refractivity contribution in [1.29, 1.82) is 0 Å². The quantitative estimate of drug-likeness (QED) is 0.607. The zero-order valence-electron chi connectivity index (χ0n) is 6.22. The monoisotopic (exact) mass is 130 g/mol. The summed E-state index contributed by atoms with van der Waals surface area (Å²) < 4.78 is 0. The molecule has 2 nitrogen and oxygen atoms in total. The van der Waals surface area contributed by atoms with E-state index in [9.17, 15) is 0 Å². The molecule has 0 saturated heterocycles. The topological polar surface area (TPSA) is 44.0 Å². The fourth-order valence-electron chi connectivity index (χ4n) is 0.843. The standard InChI is InChI=1S/C7H16NO/c1-6(2)5-7(8)3-4-9/h6-9H,3-5H2,1-2H3. The SMILES string of the molecule is CC(C)CC([NH])CCO. The van der Waals surface area contributed by atoms with Crippen LogP contribution in [0.3, 0.4) is 0 Å². The highest BCUT2D eigenvalue weighted by Crippen LogP contribution is 2.05. The molecule has 1 atom stereocenters. The number of aliphatic hydroxyl groups is 1. The van der Waals surface area contributed by atoms with Crippen molar-refractivity contribution in [1.82, 2.24) is 5.73 Å². The summed E-state index contributed by atoms with van der Waals surface area (Å²) in [7, 11) is 0. The summed E-state index contributed by atoms with van der Waals surface area (Å²) in [5, 5.41) is 8.43. The van der Waals surface area contributed by atoms with E-state index in [2.05, 4.69) is 13.8 Å². The van der Waals surface area contributed by atoms with Crippen LogP contribution in [0.25, 0.3) is 0 Å². The molecule has 0 aromatic rings. The van der Waals surface area contributed by atoms with Gasteiger partial charge in [0.25, 0.3) is 0 Å². The number of aliphatic hydroxyl groups excluding tert-OH is 1. The zero-order valence-corrected chi connectivity index (χ0v) is 6.22. The highest BCUT2D eigenvalue weighted by atomic mass is 16.3. The van der Waals surface area contributed by atoms with Crippen molar-refractivity contribution in [2.45, 2.75) is 32.7 Å². The lowest BCUT2D eigenvalue weighted by molar-refractivity contribution is 0.266. The molecule has 1 radical (unpaired) electrons. The van der Waals surface area contributed by atoms with Crippen LogP contribution in [0.4, 0.5) is 0 Å². The molecule has 9 heavy (non-hydrogen) atoms. The molecule has 0 heterocycles. The van der Waals surface area contributed by atoms with Crippen LogP contribution in [-0.2, 0) is 0 Å². The van der Waals surface area contributed by atoms with Crippen molar-refractivity contribution >= 4 is 0 Å². The molecule has 0 bridgehead atoms. The molecule has 0 amide bonds. The van der Waals surface area contributed by atoms with E-state index in [4.69, 9.17) is 10.8 Å². The molecular formula is C7H16NO. The summed E-state index contributed by atoms with van der Waals surface area (Å²) in [6.45, 7) is 4.35. The molecule has 0 aromatic carbocycles. The van der Waals surface area contributed by atoms with E-state index in [1.807, 2.05) is 0 Å². The molecule has 0 aromatic heterocycles. The van der Waals surface area contributed by atoms with Crippen molar-refractivity contribution in [3.63, 3.8) is 0 Å². The molecule has 2 N–H and O–H groups in total. The van der Waals surface area contributed by atoms with Crippen LogP contribution in [0, 0.1) is 5.92 Å². The number of hydrogen-bond donors (Lipinski definition) is 1. The number of nitrogens with one attached hydrogen (secondary N) is 1. The molecule has 0 fully saturated rings. The Bertz CT molecular complexity index is 63.9. The molecule has 0 spiro atoms. The molecule has 0 aliphatic heterocycles. The van der Waals surface area contributed by atoms with E-state index in [0.29, 0.717) is 12.3 Å². The van der Waals surface area contributed by atoms with Gasteiger partial charge in [-0.2, -0.15) is 0 Å². The maximum Gasteiger partial charge on any atom is 0.0446 e. The van der Waals surface area contributed by atoms with Gasteiger partial charge in [-0.25, -0.2) is 0 Å². The Morgan fingerprint density at radius 1 is 1.44 bits per heavy atom. The van der Waals surface area contributed by atoms with Crippen molar-refractivity contribution in [3.05, 3.63) is 0 Å². The van der Waals surface area contributed by atoms with Gasteiger partial charge in [0, 0.05) is 12.6 Å². The van der Waals surface area contributed by atoms with Crippen LogP contribution < -0.4 is 5.73 Å². The van der Waals surface area contributed by atoms with Crippen molar-refractivity contribution < 1.29 is 5.11 Å². The fraction of sp³-hybridized carbons (Fsp3) is 1.00. The first-order valence-electron chi connectivity index (χ1n) is 3.48. The predicted octanol–water partition coefficient (Wildman–Crippen LogP) is 1.07. The molecule has 0 aliphatic rings. The predicted molar refractivity (Wildman–Crippen MR) is 38.0 cm³/mol. The largest absolute Gasteiger partial charge is 0.396 e. The molecule has 0 rings (SSSR count). The molecule has 55 valence electrons.